The Kier molecular flexibility index (Phi) is 4.26. The molecule has 0 rings (SSSR count). The van der Waals surface area contributed by atoms with Crippen molar-refractivity contribution < 1.29 is 14.3 Å². The van der Waals surface area contributed by atoms with E-state index in [9.17, 15) is 9.59 Å². The fraction of sp³-hybridized carbons (Fsp3) is 0.714. The van der Waals surface area contributed by atoms with Gasteiger partial charge in [0, 0.05) is 0 Å². The molecule has 4 heteroatoms. The summed E-state index contributed by atoms with van der Waals surface area (Å²) in [6.45, 7) is 5.08. The van der Waals surface area contributed by atoms with Crippen molar-refractivity contribution in [3.05, 3.63) is 0 Å². The van der Waals surface area contributed by atoms with E-state index in [1.54, 1.807) is 20.8 Å². The fourth-order valence-electron chi connectivity index (χ4n) is 0.504. The minimum Gasteiger partial charge on any atom is -0.461 e. The second-order valence-electron chi connectivity index (χ2n) is 2.49. The fourth-order valence-corrected chi connectivity index (χ4v) is 0.504. The molecule has 0 aliphatic heterocycles. The molecule has 64 valence electrons. The number of amides is 1. The molecule has 1 amide bonds. The first-order valence-electron chi connectivity index (χ1n) is 3.48. The van der Waals surface area contributed by atoms with E-state index in [1.807, 2.05) is 0 Å². The van der Waals surface area contributed by atoms with Gasteiger partial charge in [0.1, 0.15) is 6.04 Å². The third-order valence-electron chi connectivity index (χ3n) is 1.02. The number of carbonyl (C=O) groups excluding carboxylic acids is 2. The number of hydrogen-bond donors (Lipinski definition) is 1. The van der Waals surface area contributed by atoms with Gasteiger partial charge in [0.15, 0.2) is 0 Å². The van der Waals surface area contributed by atoms with Crippen LogP contribution in [0.1, 0.15) is 20.8 Å². The lowest BCUT2D eigenvalue weighted by atomic mass is 10.3. The van der Waals surface area contributed by atoms with Gasteiger partial charge in [0.05, 0.1) is 6.10 Å². The molecule has 0 aromatic rings. The molecular weight excluding hydrogens is 146 g/mol. The average molecular weight is 159 g/mol. The summed E-state index contributed by atoms with van der Waals surface area (Å²) >= 11 is 0. The Labute approximate surface area is 65.9 Å². The Morgan fingerprint density at radius 2 is 2.00 bits per heavy atom. The Bertz CT molecular complexity index is 145. The van der Waals surface area contributed by atoms with Gasteiger partial charge in [-0.05, 0) is 20.8 Å². The van der Waals surface area contributed by atoms with Gasteiger partial charge in [-0.2, -0.15) is 0 Å². The summed E-state index contributed by atoms with van der Waals surface area (Å²) in [5.41, 5.74) is 0. The third-order valence-corrected chi connectivity index (χ3v) is 1.02. The Morgan fingerprint density at radius 1 is 1.45 bits per heavy atom. The Balaban J connectivity index is 3.72. The van der Waals surface area contributed by atoms with Crippen LogP contribution in [0.3, 0.4) is 0 Å². The van der Waals surface area contributed by atoms with Crippen LogP contribution in [0.5, 0.6) is 0 Å². The highest BCUT2D eigenvalue weighted by atomic mass is 16.5. The van der Waals surface area contributed by atoms with E-state index in [-0.39, 0.29) is 6.10 Å². The zero-order valence-corrected chi connectivity index (χ0v) is 6.96. The van der Waals surface area contributed by atoms with Gasteiger partial charge in [0.2, 0.25) is 6.41 Å². The molecule has 0 aromatic heterocycles. The van der Waals surface area contributed by atoms with Crippen molar-refractivity contribution in [1.29, 1.82) is 0 Å². The monoisotopic (exact) mass is 159 g/mol. The molecule has 4 nitrogen and oxygen atoms in total. The Morgan fingerprint density at radius 3 is 2.36 bits per heavy atom. The normalized spacial score (nSPS) is 12.4. The zero-order chi connectivity index (χ0) is 8.85. The van der Waals surface area contributed by atoms with Gasteiger partial charge in [-0.25, -0.2) is 4.79 Å². The summed E-state index contributed by atoms with van der Waals surface area (Å²) in [5.74, 6) is -0.410. The lowest BCUT2D eigenvalue weighted by Gasteiger charge is -2.12. The molecule has 1 unspecified atom stereocenters. The third kappa shape index (κ3) is 4.36. The summed E-state index contributed by atoms with van der Waals surface area (Å²) in [6, 6.07) is -0.560. The number of ether oxygens (including phenoxy) is 1. The first-order valence-corrected chi connectivity index (χ1v) is 3.48. The van der Waals surface area contributed by atoms with Crippen molar-refractivity contribution in [2.45, 2.75) is 32.9 Å². The number of esters is 1. The molecule has 0 heterocycles. The summed E-state index contributed by atoms with van der Waals surface area (Å²) in [7, 11) is 0. The lowest BCUT2D eigenvalue weighted by Crippen LogP contribution is -2.35. The van der Waals surface area contributed by atoms with Crippen LogP contribution in [0, 0.1) is 0 Å². The van der Waals surface area contributed by atoms with Crippen molar-refractivity contribution in [3.8, 4) is 0 Å². The Hall–Kier alpha value is -1.06. The summed E-state index contributed by atoms with van der Waals surface area (Å²) in [6.07, 6.45) is 0.338. The van der Waals surface area contributed by atoms with E-state index < -0.39 is 12.0 Å². The van der Waals surface area contributed by atoms with E-state index in [1.165, 1.54) is 0 Å². The molecule has 0 radical (unpaired) electrons. The molecular formula is C7H13NO3. The number of carbonyl (C=O) groups is 2. The maximum absolute atomic E-state index is 10.9. The van der Waals surface area contributed by atoms with E-state index >= 15 is 0 Å². The second kappa shape index (κ2) is 4.71. The topological polar surface area (TPSA) is 55.4 Å². The smallest absolute Gasteiger partial charge is 0.328 e. The highest BCUT2D eigenvalue weighted by Gasteiger charge is 2.13. The predicted molar refractivity (Wildman–Crippen MR) is 39.9 cm³/mol. The molecule has 11 heavy (non-hydrogen) atoms. The summed E-state index contributed by atoms with van der Waals surface area (Å²) in [4.78, 5) is 20.8. The molecule has 0 aromatic carbocycles. The molecule has 0 aliphatic carbocycles. The van der Waals surface area contributed by atoms with Crippen LogP contribution in [0.25, 0.3) is 0 Å². The molecule has 0 fully saturated rings. The van der Waals surface area contributed by atoms with E-state index in [0.29, 0.717) is 6.41 Å². The van der Waals surface area contributed by atoms with Gasteiger partial charge in [0.25, 0.3) is 0 Å². The van der Waals surface area contributed by atoms with E-state index in [4.69, 9.17) is 4.74 Å². The summed E-state index contributed by atoms with van der Waals surface area (Å²) < 4.78 is 4.80. The van der Waals surface area contributed by atoms with Crippen molar-refractivity contribution in [2.24, 2.45) is 0 Å². The largest absolute Gasteiger partial charge is 0.461 e. The van der Waals surface area contributed by atoms with Gasteiger partial charge in [-0.1, -0.05) is 0 Å². The zero-order valence-electron chi connectivity index (χ0n) is 6.96. The molecule has 0 aliphatic rings. The second-order valence-corrected chi connectivity index (χ2v) is 2.49. The number of nitrogens with one attached hydrogen (secondary N) is 1. The average Bonchev–Trinajstić information content (AvgIpc) is 1.86. The van der Waals surface area contributed by atoms with Gasteiger partial charge >= 0.3 is 5.97 Å². The maximum atomic E-state index is 10.9. The van der Waals surface area contributed by atoms with Crippen LogP contribution in [0.4, 0.5) is 0 Å². The van der Waals surface area contributed by atoms with E-state index in [2.05, 4.69) is 5.32 Å². The SMILES string of the molecule is CC(C)OC(=O)C(C)NC=O. The first-order chi connectivity index (χ1) is 5.07. The molecule has 0 saturated carbocycles. The van der Waals surface area contributed by atoms with E-state index in [0.717, 1.165) is 0 Å². The molecule has 1 N–H and O–H groups in total. The van der Waals surface area contributed by atoms with Crippen molar-refractivity contribution >= 4 is 12.4 Å². The van der Waals surface area contributed by atoms with Crippen LogP contribution in [0.15, 0.2) is 0 Å². The van der Waals surface area contributed by atoms with Crippen molar-refractivity contribution in [1.82, 2.24) is 5.32 Å². The van der Waals surface area contributed by atoms with Crippen LogP contribution >= 0.6 is 0 Å². The maximum Gasteiger partial charge on any atom is 0.328 e. The minimum atomic E-state index is -0.560. The summed E-state index contributed by atoms with van der Waals surface area (Å²) in [5, 5.41) is 2.30. The van der Waals surface area contributed by atoms with Gasteiger partial charge in [-0.15, -0.1) is 0 Å². The lowest BCUT2D eigenvalue weighted by molar-refractivity contribution is -0.150. The van der Waals surface area contributed by atoms with Crippen molar-refractivity contribution in [3.63, 3.8) is 0 Å². The number of rotatable bonds is 4. The van der Waals surface area contributed by atoms with Gasteiger partial charge in [-0.3, -0.25) is 4.79 Å². The van der Waals surface area contributed by atoms with Gasteiger partial charge < -0.3 is 10.1 Å². The highest BCUT2D eigenvalue weighted by molar-refractivity contribution is 5.77. The van der Waals surface area contributed by atoms with Crippen LogP contribution < -0.4 is 5.32 Å². The first kappa shape index (κ1) is 9.94. The minimum absolute atomic E-state index is 0.140. The standard InChI is InChI=1S/C7H13NO3/c1-5(2)11-7(10)6(3)8-4-9/h4-6H,1-3H3,(H,8,9). The highest BCUT2D eigenvalue weighted by Crippen LogP contribution is 1.92. The van der Waals surface area contributed by atoms with Crippen LogP contribution in [0.2, 0.25) is 0 Å². The quantitative estimate of drug-likeness (QED) is 0.466. The molecule has 0 bridgehead atoms. The van der Waals surface area contributed by atoms with Crippen LogP contribution in [-0.2, 0) is 14.3 Å². The molecule has 1 atom stereocenters. The predicted octanol–water partition coefficient (Wildman–Crippen LogP) is 0.0725. The number of hydrogen-bond acceptors (Lipinski definition) is 3. The van der Waals surface area contributed by atoms with Crippen molar-refractivity contribution in [2.75, 3.05) is 0 Å². The molecule has 0 spiro atoms. The van der Waals surface area contributed by atoms with Crippen LogP contribution in [-0.4, -0.2) is 24.5 Å². The molecule has 0 saturated heterocycles.